The van der Waals surface area contributed by atoms with Crippen LogP contribution < -0.4 is 32.3 Å². The number of phenolic OH excluding ortho intramolecular Hbond substituents is 3. The van der Waals surface area contributed by atoms with Crippen molar-refractivity contribution in [1.82, 2.24) is 36.4 Å². The van der Waals surface area contributed by atoms with Crippen LogP contribution in [0.15, 0.2) is 72.8 Å². The van der Waals surface area contributed by atoms with E-state index in [0.717, 1.165) is 9.80 Å². The second-order valence-corrected chi connectivity index (χ2v) is 20.2. The molecule has 2 saturated heterocycles. The summed E-state index contributed by atoms with van der Waals surface area (Å²) in [6, 6.07) is 6.22. The van der Waals surface area contributed by atoms with E-state index in [9.17, 15) is 68.7 Å². The molecule has 23 heteroatoms. The number of aromatic hydroxyl groups is 3. The van der Waals surface area contributed by atoms with E-state index in [1.165, 1.54) is 86.8 Å². The first-order valence-electron chi connectivity index (χ1n) is 25.7. The van der Waals surface area contributed by atoms with Gasteiger partial charge >= 0.3 is 5.97 Å². The normalized spacial score (nSPS) is 24.2. The van der Waals surface area contributed by atoms with Gasteiger partial charge < -0.3 is 72.4 Å². The number of phenols is 3. The highest BCUT2D eigenvalue weighted by Crippen LogP contribution is 2.27. The molecule has 2 fully saturated rings. The number of ether oxygens (including phenoxy) is 1. The first kappa shape index (κ1) is 60.1. The molecule has 77 heavy (non-hydrogen) atoms. The number of aliphatic hydroxyl groups excluding tert-OH is 2. The number of rotatable bonds is 17. The molecule has 0 aliphatic carbocycles. The highest BCUT2D eigenvalue weighted by atomic mass is 16.5. The average molecular weight is 1070 g/mol. The number of piperidine rings is 1. The van der Waals surface area contributed by atoms with E-state index in [4.69, 9.17) is 10.5 Å². The average Bonchev–Trinajstić information content (AvgIpc) is 3.38. The van der Waals surface area contributed by atoms with Gasteiger partial charge in [0.15, 0.2) is 0 Å². The second kappa shape index (κ2) is 27.3. The molecule has 11 unspecified atom stereocenters. The Balaban J connectivity index is 1.62. The van der Waals surface area contributed by atoms with E-state index in [1.807, 2.05) is 0 Å². The molecule has 11 atom stereocenters. The molecule has 0 saturated carbocycles. The number of carbonyl (C=O) groups is 9. The summed E-state index contributed by atoms with van der Waals surface area (Å²) in [4.78, 5) is 130. The molecule has 3 aromatic carbocycles. The highest BCUT2D eigenvalue weighted by molar-refractivity contribution is 5.98. The smallest absolute Gasteiger partial charge is 0.329 e. The minimum atomic E-state index is -1.93. The third-order valence-electron chi connectivity index (χ3n) is 13.8. The van der Waals surface area contributed by atoms with Gasteiger partial charge in [-0.05, 0) is 97.5 Å². The lowest BCUT2D eigenvalue weighted by atomic mass is 9.94. The third-order valence-corrected chi connectivity index (χ3v) is 13.8. The number of cyclic esters (lactones) is 1. The Bertz CT molecular complexity index is 2580. The maximum atomic E-state index is 14.9. The number of nitrogens with one attached hydrogen (secondary N) is 5. The summed E-state index contributed by atoms with van der Waals surface area (Å²) in [6.07, 6.45) is -6.54. The fraction of sp³-hybridized carbons (Fsp3) is 0.500. The summed E-state index contributed by atoms with van der Waals surface area (Å²) < 4.78 is 5.94. The first-order chi connectivity index (χ1) is 36.4. The van der Waals surface area contributed by atoms with E-state index in [0.29, 0.717) is 16.7 Å². The molecule has 12 N–H and O–H groups in total. The number of esters is 1. The molecule has 2 bridgehead atoms. The zero-order valence-electron chi connectivity index (χ0n) is 44.0. The highest BCUT2D eigenvalue weighted by Gasteiger charge is 2.46. The summed E-state index contributed by atoms with van der Waals surface area (Å²) in [5.74, 6) is -9.89. The monoisotopic (exact) mass is 1070 g/mol. The Morgan fingerprint density at radius 1 is 0.740 bits per heavy atom. The molecule has 5 rings (SSSR count). The molecular weight excluding hydrogens is 1000 g/mol. The van der Waals surface area contributed by atoms with E-state index in [1.54, 1.807) is 27.7 Å². The molecule has 0 spiro atoms. The first-order valence-corrected chi connectivity index (χ1v) is 25.7. The van der Waals surface area contributed by atoms with Crippen LogP contribution in [0.1, 0.15) is 89.8 Å². The van der Waals surface area contributed by atoms with Gasteiger partial charge in [-0.1, -0.05) is 70.5 Å². The third kappa shape index (κ3) is 16.6. The Morgan fingerprint density at radius 2 is 1.30 bits per heavy atom. The van der Waals surface area contributed by atoms with Crippen LogP contribution in [0.5, 0.6) is 17.2 Å². The molecular formula is C54H72N8O15. The molecule has 2 aliphatic heterocycles. The number of benzene rings is 3. The van der Waals surface area contributed by atoms with Crippen LogP contribution in [0.3, 0.4) is 0 Å². The summed E-state index contributed by atoms with van der Waals surface area (Å²) >= 11 is 0. The van der Waals surface area contributed by atoms with E-state index < -0.39 is 133 Å². The maximum absolute atomic E-state index is 14.9. The maximum Gasteiger partial charge on any atom is 0.329 e. The number of aliphatic hydroxyl groups is 2. The van der Waals surface area contributed by atoms with Crippen molar-refractivity contribution in [2.24, 2.45) is 17.6 Å². The van der Waals surface area contributed by atoms with Crippen molar-refractivity contribution in [2.75, 3.05) is 7.05 Å². The number of primary amides is 1. The van der Waals surface area contributed by atoms with Crippen molar-refractivity contribution in [3.05, 3.63) is 89.5 Å². The lowest BCUT2D eigenvalue weighted by molar-refractivity contribution is -0.166. The molecule has 0 aromatic heterocycles. The van der Waals surface area contributed by atoms with E-state index in [2.05, 4.69) is 26.6 Å². The lowest BCUT2D eigenvalue weighted by Gasteiger charge is -2.43. The van der Waals surface area contributed by atoms with Gasteiger partial charge in [0.1, 0.15) is 78.0 Å². The van der Waals surface area contributed by atoms with Crippen molar-refractivity contribution >= 4 is 53.2 Å². The molecule has 23 nitrogen and oxygen atoms in total. The zero-order chi connectivity index (χ0) is 56.8. The van der Waals surface area contributed by atoms with Crippen molar-refractivity contribution in [2.45, 2.75) is 153 Å². The molecule has 8 amide bonds. The van der Waals surface area contributed by atoms with Crippen LogP contribution in [-0.2, 0) is 67.2 Å². The number of nitrogens with two attached hydrogens (primary N) is 1. The van der Waals surface area contributed by atoms with Crippen LogP contribution >= 0.6 is 0 Å². The minimum Gasteiger partial charge on any atom is -0.508 e. The molecule has 0 radical (unpaired) electrons. The molecule has 418 valence electrons. The Morgan fingerprint density at radius 3 is 1.84 bits per heavy atom. The summed E-state index contributed by atoms with van der Waals surface area (Å²) in [5.41, 5.74) is 6.75. The summed E-state index contributed by atoms with van der Waals surface area (Å²) in [5, 5.41) is 65.1. The number of hydrogen-bond donors (Lipinski definition) is 11. The van der Waals surface area contributed by atoms with Crippen molar-refractivity contribution in [1.29, 1.82) is 0 Å². The Kier molecular flexibility index (Phi) is 21.3. The van der Waals surface area contributed by atoms with E-state index >= 15 is 0 Å². The number of fused-ring (bicyclic) bond motifs is 2. The largest absolute Gasteiger partial charge is 0.508 e. The molecule has 2 heterocycles. The predicted octanol–water partition coefficient (Wildman–Crippen LogP) is 0.0556. The number of carbonyl (C=O) groups excluding carboxylic acids is 9. The van der Waals surface area contributed by atoms with E-state index in [-0.39, 0.29) is 68.1 Å². The Labute approximate surface area is 446 Å². The van der Waals surface area contributed by atoms with Gasteiger partial charge in [0.2, 0.25) is 47.3 Å². The van der Waals surface area contributed by atoms with Gasteiger partial charge in [0.25, 0.3) is 0 Å². The van der Waals surface area contributed by atoms with Crippen molar-refractivity contribution in [3.63, 3.8) is 0 Å². The Hall–Kier alpha value is -7.79. The summed E-state index contributed by atoms with van der Waals surface area (Å²) in [6.45, 7) is 8.19. The molecule has 3 aromatic rings. The van der Waals surface area contributed by atoms with Crippen LogP contribution in [0, 0.1) is 11.8 Å². The van der Waals surface area contributed by atoms with Crippen molar-refractivity contribution in [3.8, 4) is 17.2 Å². The standard InChI is InChI=1S/C54H72N8O15/c1-7-29(4)45-54(76)77-30(5)46(60-47(69)37(20-22-43(55)67)56-50(72)42(66)27-33-12-18-36(65)19-13-33)51(73)58-39(25-31-8-14-34(63)15-9-31)48(70)57-38-21-23-44(68)62(52(38)74)41(24-28(2)3)53(75)61(6)40(49(71)59-45)26-32-10-16-35(64)17-11-32/h8-19,28-30,37-42,44-46,63-66,68H,7,20-27H2,1-6H3,(H2,55,67)(H,56,72)(H,57,70)(H,58,73)(H,59,71)(H,60,69). The van der Waals surface area contributed by atoms with Gasteiger partial charge in [-0.3, -0.25) is 38.4 Å². The van der Waals surface area contributed by atoms with Crippen LogP contribution in [0.4, 0.5) is 0 Å². The van der Waals surface area contributed by atoms with Gasteiger partial charge in [-0.25, -0.2) is 4.79 Å². The quantitative estimate of drug-likeness (QED) is 0.0797. The van der Waals surface area contributed by atoms with Gasteiger partial charge in [-0.2, -0.15) is 0 Å². The number of nitrogens with zero attached hydrogens (tertiary/aromatic N) is 2. The number of hydrogen-bond acceptors (Lipinski definition) is 15. The number of likely N-dealkylation sites (N-methyl/N-ethyl adjacent to an activating group) is 1. The van der Waals surface area contributed by atoms with Crippen molar-refractivity contribution < 1.29 is 73.4 Å². The van der Waals surface area contributed by atoms with Crippen LogP contribution in [0.25, 0.3) is 0 Å². The fourth-order valence-corrected chi connectivity index (χ4v) is 9.10. The van der Waals surface area contributed by atoms with Gasteiger partial charge in [-0.15, -0.1) is 0 Å². The predicted molar refractivity (Wildman–Crippen MR) is 276 cm³/mol. The van der Waals surface area contributed by atoms with Crippen LogP contribution in [0.2, 0.25) is 0 Å². The minimum absolute atomic E-state index is 0.00000440. The SMILES string of the molecule is CCC(C)C1NC(=O)C(Cc2ccc(O)cc2)N(C)C(=O)C(CC(C)C)N2C(=O)C(CCC2O)NC(=O)C(Cc2ccc(O)cc2)NC(=O)C(NC(=O)C(CCC(N)=O)NC(=O)C(O)Cc2ccc(O)cc2)C(C)OC1=O. The zero-order valence-corrected chi connectivity index (χ0v) is 44.0. The fourth-order valence-electron chi connectivity index (χ4n) is 9.10. The summed E-state index contributed by atoms with van der Waals surface area (Å²) in [7, 11) is 1.34. The topological polar surface area (TPSA) is 357 Å². The number of amides is 8. The van der Waals surface area contributed by atoms with Gasteiger partial charge in [0, 0.05) is 32.7 Å². The molecule has 2 aliphatic rings. The van der Waals surface area contributed by atoms with Crippen LogP contribution in [-0.4, -0.2) is 156 Å². The lowest BCUT2D eigenvalue weighted by Crippen LogP contribution is -2.65. The van der Waals surface area contributed by atoms with Gasteiger partial charge in [0.05, 0.1) is 0 Å². The second-order valence-electron chi connectivity index (χ2n) is 20.2.